The van der Waals surface area contributed by atoms with Crippen LogP contribution in [0, 0.1) is 6.92 Å². The number of halogens is 3. The maximum absolute atomic E-state index is 13.8. The molecule has 1 fully saturated rings. The van der Waals surface area contributed by atoms with Gasteiger partial charge in [0, 0.05) is 50.0 Å². The lowest BCUT2D eigenvalue weighted by Gasteiger charge is -2.33. The molecule has 2 aromatic rings. The van der Waals surface area contributed by atoms with E-state index >= 15 is 0 Å². The van der Waals surface area contributed by atoms with Gasteiger partial charge in [-0.2, -0.15) is 13.2 Å². The number of nitrogens with one attached hydrogen (secondary N) is 1. The highest BCUT2D eigenvalue weighted by molar-refractivity contribution is 6.04. The van der Waals surface area contributed by atoms with Crippen LogP contribution in [0.4, 0.5) is 18.9 Å². The standard InChI is InChI=1S/C26H35F3N4O/c1-4-22(30)9-7-19-5-6-20(15-18(19)2)25(34)31-23-10-8-21(24(16-23)26(27,28)29)17-33-13-11-32(3)12-14-33/h5-6,8,10,15-16,22H,4,7,9,11-14,17,30H2,1-3H3,(H,31,34). The maximum atomic E-state index is 13.8. The summed E-state index contributed by atoms with van der Waals surface area (Å²) < 4.78 is 41.4. The Morgan fingerprint density at radius 2 is 1.76 bits per heavy atom. The van der Waals surface area contributed by atoms with Gasteiger partial charge in [-0.3, -0.25) is 9.69 Å². The van der Waals surface area contributed by atoms with Crippen molar-refractivity contribution < 1.29 is 18.0 Å². The van der Waals surface area contributed by atoms with Crippen LogP contribution < -0.4 is 11.1 Å². The van der Waals surface area contributed by atoms with Gasteiger partial charge in [0.05, 0.1) is 5.56 Å². The van der Waals surface area contributed by atoms with Gasteiger partial charge < -0.3 is 16.0 Å². The number of nitrogens with zero attached hydrogens (tertiary/aromatic N) is 2. The Morgan fingerprint density at radius 3 is 2.38 bits per heavy atom. The zero-order chi connectivity index (χ0) is 24.9. The van der Waals surface area contributed by atoms with E-state index in [0.717, 1.165) is 62.6 Å². The molecular weight excluding hydrogens is 441 g/mol. The van der Waals surface area contributed by atoms with Crippen LogP contribution in [0.3, 0.4) is 0 Å². The summed E-state index contributed by atoms with van der Waals surface area (Å²) in [6.45, 7) is 7.34. The Morgan fingerprint density at radius 1 is 1.09 bits per heavy atom. The molecule has 8 heteroatoms. The summed E-state index contributed by atoms with van der Waals surface area (Å²) >= 11 is 0. The third kappa shape index (κ3) is 7.04. The highest BCUT2D eigenvalue weighted by atomic mass is 19.4. The van der Waals surface area contributed by atoms with Crippen molar-refractivity contribution in [2.24, 2.45) is 5.73 Å². The van der Waals surface area contributed by atoms with Crippen molar-refractivity contribution in [3.63, 3.8) is 0 Å². The number of hydrogen-bond donors (Lipinski definition) is 2. The van der Waals surface area contributed by atoms with E-state index in [1.54, 1.807) is 18.2 Å². The molecule has 2 aromatic carbocycles. The van der Waals surface area contributed by atoms with Gasteiger partial charge in [-0.15, -0.1) is 0 Å². The Hall–Kier alpha value is -2.42. The first-order valence-corrected chi connectivity index (χ1v) is 11.8. The maximum Gasteiger partial charge on any atom is 0.416 e. The van der Waals surface area contributed by atoms with Crippen molar-refractivity contribution in [1.82, 2.24) is 9.80 Å². The Kier molecular flexibility index (Phi) is 8.73. The second kappa shape index (κ2) is 11.3. The second-order valence-electron chi connectivity index (χ2n) is 9.25. The number of alkyl halides is 3. The van der Waals surface area contributed by atoms with E-state index in [1.807, 2.05) is 31.9 Å². The fourth-order valence-electron chi connectivity index (χ4n) is 4.17. The molecule has 0 aromatic heterocycles. The van der Waals surface area contributed by atoms with E-state index in [9.17, 15) is 18.0 Å². The highest BCUT2D eigenvalue weighted by Crippen LogP contribution is 2.34. The molecule has 0 radical (unpaired) electrons. The first-order chi connectivity index (χ1) is 16.1. The number of aryl methyl sites for hydroxylation is 2. The first kappa shape index (κ1) is 26.2. The van der Waals surface area contributed by atoms with E-state index in [4.69, 9.17) is 5.73 Å². The number of carbonyl (C=O) groups is 1. The van der Waals surface area contributed by atoms with Crippen molar-refractivity contribution in [3.05, 3.63) is 64.2 Å². The molecule has 1 atom stereocenters. The summed E-state index contributed by atoms with van der Waals surface area (Å²) in [5, 5.41) is 2.63. The van der Waals surface area contributed by atoms with Crippen molar-refractivity contribution in [2.75, 3.05) is 38.5 Å². The lowest BCUT2D eigenvalue weighted by Crippen LogP contribution is -2.44. The average molecular weight is 477 g/mol. The quantitative estimate of drug-likeness (QED) is 0.581. The van der Waals surface area contributed by atoms with Gasteiger partial charge in [0.2, 0.25) is 0 Å². The average Bonchev–Trinajstić information content (AvgIpc) is 2.79. The number of nitrogens with two attached hydrogens (primary N) is 1. The van der Waals surface area contributed by atoms with Gasteiger partial charge in [-0.05, 0) is 74.2 Å². The number of hydrogen-bond acceptors (Lipinski definition) is 4. The topological polar surface area (TPSA) is 61.6 Å². The minimum Gasteiger partial charge on any atom is -0.328 e. The number of likely N-dealkylation sites (N-methyl/N-ethyl adjacent to an activating group) is 1. The van der Waals surface area contributed by atoms with Crippen LogP contribution in [-0.2, 0) is 19.1 Å². The molecule has 34 heavy (non-hydrogen) atoms. The molecule has 0 bridgehead atoms. The predicted octanol–water partition coefficient (Wildman–Crippen LogP) is 4.68. The molecule has 186 valence electrons. The van der Waals surface area contributed by atoms with Gasteiger partial charge in [0.25, 0.3) is 5.91 Å². The highest BCUT2D eigenvalue weighted by Gasteiger charge is 2.34. The zero-order valence-electron chi connectivity index (χ0n) is 20.2. The van der Waals surface area contributed by atoms with Crippen LogP contribution in [-0.4, -0.2) is 55.0 Å². The van der Waals surface area contributed by atoms with Crippen LogP contribution in [0.2, 0.25) is 0 Å². The van der Waals surface area contributed by atoms with Crippen molar-refractivity contribution in [1.29, 1.82) is 0 Å². The fourth-order valence-corrected chi connectivity index (χ4v) is 4.17. The molecule has 1 heterocycles. The smallest absolute Gasteiger partial charge is 0.328 e. The first-order valence-electron chi connectivity index (χ1n) is 11.8. The number of piperazine rings is 1. The van der Waals surface area contributed by atoms with E-state index in [1.165, 1.54) is 6.07 Å². The summed E-state index contributed by atoms with van der Waals surface area (Å²) in [7, 11) is 2.01. The molecule has 1 aliphatic rings. The molecule has 0 saturated carbocycles. The van der Waals surface area contributed by atoms with E-state index < -0.39 is 17.6 Å². The number of anilines is 1. The van der Waals surface area contributed by atoms with Gasteiger partial charge in [0.1, 0.15) is 0 Å². The number of benzene rings is 2. The fraction of sp³-hybridized carbons (Fsp3) is 0.500. The lowest BCUT2D eigenvalue weighted by molar-refractivity contribution is -0.138. The molecule has 3 N–H and O–H groups in total. The summed E-state index contributed by atoms with van der Waals surface area (Å²) in [6.07, 6.45) is -1.90. The van der Waals surface area contributed by atoms with Gasteiger partial charge >= 0.3 is 6.18 Å². The van der Waals surface area contributed by atoms with Crippen LogP contribution >= 0.6 is 0 Å². The van der Waals surface area contributed by atoms with Gasteiger partial charge in [-0.1, -0.05) is 19.1 Å². The van der Waals surface area contributed by atoms with Crippen LogP contribution in [0.5, 0.6) is 0 Å². The van der Waals surface area contributed by atoms with Crippen molar-refractivity contribution in [2.45, 2.75) is 51.9 Å². The van der Waals surface area contributed by atoms with Crippen molar-refractivity contribution in [3.8, 4) is 0 Å². The van der Waals surface area contributed by atoms with Crippen LogP contribution in [0.15, 0.2) is 36.4 Å². The third-order valence-electron chi connectivity index (χ3n) is 6.58. The molecular formula is C26H35F3N4O. The lowest BCUT2D eigenvalue weighted by atomic mass is 9.98. The normalized spacial score (nSPS) is 16.4. The van der Waals surface area contributed by atoms with Crippen LogP contribution in [0.1, 0.15) is 52.4 Å². The molecule has 1 amide bonds. The number of amides is 1. The number of rotatable bonds is 8. The summed E-state index contributed by atoms with van der Waals surface area (Å²) in [5.74, 6) is -0.431. The molecule has 1 saturated heterocycles. The number of carbonyl (C=O) groups excluding carboxylic acids is 1. The monoisotopic (exact) mass is 476 g/mol. The second-order valence-corrected chi connectivity index (χ2v) is 9.25. The third-order valence-corrected chi connectivity index (χ3v) is 6.58. The van der Waals surface area contributed by atoms with E-state index in [-0.39, 0.29) is 23.8 Å². The molecule has 5 nitrogen and oxygen atoms in total. The molecule has 1 aliphatic heterocycles. The molecule has 0 aliphatic carbocycles. The molecule has 1 unspecified atom stereocenters. The Balaban J connectivity index is 1.72. The predicted molar refractivity (Wildman–Crippen MR) is 130 cm³/mol. The summed E-state index contributed by atoms with van der Waals surface area (Å²) in [6, 6.07) is 9.58. The zero-order valence-corrected chi connectivity index (χ0v) is 20.2. The largest absolute Gasteiger partial charge is 0.416 e. The minimum absolute atomic E-state index is 0.134. The van der Waals surface area contributed by atoms with Crippen molar-refractivity contribution >= 4 is 11.6 Å². The van der Waals surface area contributed by atoms with Crippen LogP contribution in [0.25, 0.3) is 0 Å². The summed E-state index contributed by atoms with van der Waals surface area (Å²) in [4.78, 5) is 16.9. The summed E-state index contributed by atoms with van der Waals surface area (Å²) in [5.41, 5.74) is 8.15. The van der Waals surface area contributed by atoms with Gasteiger partial charge in [-0.25, -0.2) is 0 Å². The molecule has 3 rings (SSSR count). The Bertz CT molecular complexity index is 984. The van der Waals surface area contributed by atoms with Gasteiger partial charge in [0.15, 0.2) is 0 Å². The minimum atomic E-state index is -4.50. The Labute approximate surface area is 200 Å². The van der Waals surface area contributed by atoms with E-state index in [2.05, 4.69) is 10.2 Å². The SMILES string of the molecule is CCC(N)CCc1ccc(C(=O)Nc2ccc(CN3CCN(C)CC3)c(C(F)(F)F)c2)cc1C. The molecule has 0 spiro atoms. The van der Waals surface area contributed by atoms with E-state index in [0.29, 0.717) is 5.56 Å².